The largest absolute Gasteiger partial charge is 0.508 e. The van der Waals surface area contributed by atoms with E-state index in [0.29, 0.717) is 42.4 Å². The number of likely N-dealkylation sites (tertiary alicyclic amines) is 1. The van der Waals surface area contributed by atoms with Gasteiger partial charge in [-0.3, -0.25) is 9.59 Å². The van der Waals surface area contributed by atoms with Crippen LogP contribution in [0.5, 0.6) is 11.5 Å². The molecule has 1 unspecified atom stereocenters. The molecule has 2 aromatic rings. The highest BCUT2D eigenvalue weighted by Crippen LogP contribution is 2.40. The number of aliphatic hydroxyl groups excluding tert-OH is 1. The summed E-state index contributed by atoms with van der Waals surface area (Å²) >= 11 is 0. The topological polar surface area (TPSA) is 87.1 Å². The minimum atomic E-state index is -0.760. The number of aryl methyl sites for hydroxylation is 1. The van der Waals surface area contributed by atoms with Gasteiger partial charge < -0.3 is 19.8 Å². The van der Waals surface area contributed by atoms with Crippen molar-refractivity contribution in [3.05, 3.63) is 64.7 Å². The number of ether oxygens (including phenoxy) is 1. The van der Waals surface area contributed by atoms with Gasteiger partial charge in [0.2, 0.25) is 0 Å². The zero-order valence-electron chi connectivity index (χ0n) is 18.4. The summed E-state index contributed by atoms with van der Waals surface area (Å²) in [5.74, 6) is -0.487. The molecule has 1 atom stereocenters. The van der Waals surface area contributed by atoms with Gasteiger partial charge in [0.15, 0.2) is 0 Å². The molecule has 0 radical (unpaired) electrons. The number of Topliss-reactive ketones (excluding diaryl/α,β-unsaturated/α-hetero) is 1. The summed E-state index contributed by atoms with van der Waals surface area (Å²) in [6.07, 6.45) is 0.656. The number of ketones is 1. The van der Waals surface area contributed by atoms with Crippen LogP contribution in [0.25, 0.3) is 5.76 Å². The second-order valence-electron chi connectivity index (χ2n) is 8.27. The number of phenolic OH excluding ortho intramolecular Hbond substituents is 1. The highest BCUT2D eigenvalue weighted by molar-refractivity contribution is 6.46. The highest BCUT2D eigenvalue weighted by atomic mass is 16.5. The standard InChI is InChI=1S/C25H29NO5/c1-5-11-26-22(17-7-6-8-19(27)13-17)21(24(29)25(26)30)23(28)18-9-10-20(16(4)12-18)31-14-15(2)3/h6-10,12-13,15,22,27-28H,5,11,14H2,1-4H3/b23-21-. The zero-order valence-corrected chi connectivity index (χ0v) is 18.4. The zero-order chi connectivity index (χ0) is 22.7. The fourth-order valence-electron chi connectivity index (χ4n) is 3.76. The lowest BCUT2D eigenvalue weighted by Gasteiger charge is -2.25. The van der Waals surface area contributed by atoms with Gasteiger partial charge in [-0.05, 0) is 60.7 Å². The van der Waals surface area contributed by atoms with E-state index in [1.54, 1.807) is 30.3 Å². The normalized spacial score (nSPS) is 18.1. The Bertz CT molecular complexity index is 1020. The van der Waals surface area contributed by atoms with Gasteiger partial charge in [-0.15, -0.1) is 0 Å². The summed E-state index contributed by atoms with van der Waals surface area (Å²) in [6, 6.07) is 10.9. The van der Waals surface area contributed by atoms with Crippen molar-refractivity contribution < 1.29 is 24.5 Å². The second kappa shape index (κ2) is 9.25. The summed E-state index contributed by atoms with van der Waals surface area (Å²) in [7, 11) is 0. The number of aliphatic hydroxyl groups is 1. The Kier molecular flexibility index (Phi) is 6.68. The van der Waals surface area contributed by atoms with Crippen molar-refractivity contribution in [3.8, 4) is 11.5 Å². The van der Waals surface area contributed by atoms with Crippen LogP contribution in [0, 0.1) is 12.8 Å². The molecule has 1 amide bonds. The third-order valence-electron chi connectivity index (χ3n) is 5.21. The van der Waals surface area contributed by atoms with Crippen molar-refractivity contribution in [3.63, 3.8) is 0 Å². The molecule has 0 aromatic heterocycles. The van der Waals surface area contributed by atoms with E-state index < -0.39 is 17.7 Å². The lowest BCUT2D eigenvalue weighted by Crippen LogP contribution is -2.30. The molecule has 2 aromatic carbocycles. The van der Waals surface area contributed by atoms with Gasteiger partial charge in [0, 0.05) is 12.1 Å². The fourth-order valence-corrected chi connectivity index (χ4v) is 3.76. The molecule has 1 saturated heterocycles. The smallest absolute Gasteiger partial charge is 0.295 e. The molecule has 164 valence electrons. The lowest BCUT2D eigenvalue weighted by atomic mass is 9.94. The van der Waals surface area contributed by atoms with E-state index >= 15 is 0 Å². The van der Waals surface area contributed by atoms with Crippen molar-refractivity contribution in [1.29, 1.82) is 0 Å². The highest BCUT2D eigenvalue weighted by Gasteiger charge is 2.45. The molecular formula is C25H29NO5. The van der Waals surface area contributed by atoms with Gasteiger partial charge in [-0.1, -0.05) is 32.9 Å². The minimum Gasteiger partial charge on any atom is -0.508 e. The lowest BCUT2D eigenvalue weighted by molar-refractivity contribution is -0.139. The van der Waals surface area contributed by atoms with Crippen molar-refractivity contribution in [2.45, 2.75) is 40.2 Å². The summed E-state index contributed by atoms with van der Waals surface area (Å²) < 4.78 is 5.79. The Morgan fingerprint density at radius 3 is 2.52 bits per heavy atom. The fraction of sp³-hybridized carbons (Fsp3) is 0.360. The van der Waals surface area contributed by atoms with E-state index in [1.807, 2.05) is 13.8 Å². The SMILES string of the molecule is CCCN1C(=O)C(=O)/C(=C(\O)c2ccc(OCC(C)C)c(C)c2)C1c1cccc(O)c1. The Hall–Kier alpha value is -3.28. The summed E-state index contributed by atoms with van der Waals surface area (Å²) in [4.78, 5) is 27.1. The van der Waals surface area contributed by atoms with E-state index in [1.165, 1.54) is 17.0 Å². The number of amides is 1. The molecule has 0 saturated carbocycles. The molecule has 6 heteroatoms. The average Bonchev–Trinajstić information content (AvgIpc) is 2.97. The first-order valence-corrected chi connectivity index (χ1v) is 10.6. The minimum absolute atomic E-state index is 0.0271. The Balaban J connectivity index is 2.09. The summed E-state index contributed by atoms with van der Waals surface area (Å²) in [6.45, 7) is 8.85. The first kappa shape index (κ1) is 22.4. The molecule has 1 aliphatic rings. The second-order valence-corrected chi connectivity index (χ2v) is 8.27. The van der Waals surface area contributed by atoms with Crippen LogP contribution in [0.1, 0.15) is 49.9 Å². The molecule has 2 N–H and O–H groups in total. The predicted octanol–water partition coefficient (Wildman–Crippen LogP) is 4.57. The number of carbonyl (C=O) groups excluding carboxylic acids is 2. The maximum absolute atomic E-state index is 12.9. The molecule has 1 aliphatic heterocycles. The van der Waals surface area contributed by atoms with Crippen LogP contribution in [0.3, 0.4) is 0 Å². The molecule has 31 heavy (non-hydrogen) atoms. The van der Waals surface area contributed by atoms with Gasteiger partial charge in [-0.25, -0.2) is 0 Å². The van der Waals surface area contributed by atoms with Gasteiger partial charge in [0.1, 0.15) is 17.3 Å². The van der Waals surface area contributed by atoms with Gasteiger partial charge in [-0.2, -0.15) is 0 Å². The molecule has 0 spiro atoms. The van der Waals surface area contributed by atoms with Crippen LogP contribution < -0.4 is 4.74 Å². The number of rotatable bonds is 7. The predicted molar refractivity (Wildman–Crippen MR) is 119 cm³/mol. The van der Waals surface area contributed by atoms with Gasteiger partial charge >= 0.3 is 0 Å². The van der Waals surface area contributed by atoms with Crippen LogP contribution >= 0.6 is 0 Å². The van der Waals surface area contributed by atoms with Gasteiger partial charge in [0.05, 0.1) is 18.2 Å². The van der Waals surface area contributed by atoms with Crippen LogP contribution in [-0.2, 0) is 9.59 Å². The molecule has 0 aliphatic carbocycles. The van der Waals surface area contributed by atoms with E-state index in [9.17, 15) is 19.8 Å². The van der Waals surface area contributed by atoms with E-state index in [2.05, 4.69) is 13.8 Å². The maximum Gasteiger partial charge on any atom is 0.295 e. The number of benzene rings is 2. The Morgan fingerprint density at radius 2 is 1.90 bits per heavy atom. The van der Waals surface area contributed by atoms with Gasteiger partial charge in [0.25, 0.3) is 11.7 Å². The number of nitrogens with zero attached hydrogens (tertiary/aromatic N) is 1. The van der Waals surface area contributed by atoms with E-state index in [0.717, 1.165) is 5.56 Å². The monoisotopic (exact) mass is 423 g/mol. The molecule has 0 bridgehead atoms. The quantitative estimate of drug-likeness (QED) is 0.387. The number of carbonyl (C=O) groups is 2. The van der Waals surface area contributed by atoms with Crippen LogP contribution in [0.15, 0.2) is 48.0 Å². The van der Waals surface area contributed by atoms with E-state index in [-0.39, 0.29) is 17.1 Å². The van der Waals surface area contributed by atoms with Crippen LogP contribution in [-0.4, -0.2) is 40.0 Å². The van der Waals surface area contributed by atoms with E-state index in [4.69, 9.17) is 4.74 Å². The molecule has 1 fully saturated rings. The van der Waals surface area contributed by atoms with Crippen LogP contribution in [0.4, 0.5) is 0 Å². The molecule has 1 heterocycles. The number of hydrogen-bond donors (Lipinski definition) is 2. The number of phenols is 1. The van der Waals surface area contributed by atoms with Crippen molar-refractivity contribution in [1.82, 2.24) is 4.90 Å². The third-order valence-corrected chi connectivity index (χ3v) is 5.21. The molecule has 6 nitrogen and oxygen atoms in total. The first-order valence-electron chi connectivity index (χ1n) is 10.6. The third kappa shape index (κ3) is 4.58. The molecular weight excluding hydrogens is 394 g/mol. The average molecular weight is 424 g/mol. The maximum atomic E-state index is 12.9. The van der Waals surface area contributed by atoms with Crippen LogP contribution in [0.2, 0.25) is 0 Å². The molecule has 3 rings (SSSR count). The summed E-state index contributed by atoms with van der Waals surface area (Å²) in [5, 5.41) is 21.0. The first-order chi connectivity index (χ1) is 14.7. The van der Waals surface area contributed by atoms with Crippen molar-refractivity contribution in [2.24, 2.45) is 5.92 Å². The Labute approximate surface area is 182 Å². The van der Waals surface area contributed by atoms with Crippen molar-refractivity contribution in [2.75, 3.05) is 13.2 Å². The van der Waals surface area contributed by atoms with Crippen molar-refractivity contribution >= 4 is 17.4 Å². The Morgan fingerprint density at radius 1 is 1.16 bits per heavy atom. The number of hydrogen-bond acceptors (Lipinski definition) is 5. The number of aromatic hydroxyl groups is 1. The summed E-state index contributed by atoms with van der Waals surface area (Å²) in [5.41, 5.74) is 1.86.